The SMILES string of the molecule is Cc1cccc2c1N(c1cccc(-n3cnn(CC(CN)=C(F)F)c3=O)c1C)C(=O)CC2. The first-order valence-corrected chi connectivity index (χ1v) is 10.2. The van der Waals surface area contributed by atoms with Crippen LogP contribution in [0.1, 0.15) is 23.1 Å². The quantitative estimate of drug-likeness (QED) is 0.661. The monoisotopic (exact) mass is 439 g/mol. The van der Waals surface area contributed by atoms with E-state index in [1.807, 2.05) is 38.1 Å². The summed E-state index contributed by atoms with van der Waals surface area (Å²) < 4.78 is 28.2. The number of fused-ring (bicyclic) bond motifs is 1. The van der Waals surface area contributed by atoms with Crippen molar-refractivity contribution in [2.45, 2.75) is 33.2 Å². The number of para-hydroxylation sites is 1. The van der Waals surface area contributed by atoms with E-state index < -0.39 is 11.8 Å². The molecule has 7 nitrogen and oxygen atoms in total. The number of aryl methyl sites for hydroxylation is 2. The largest absolute Gasteiger partial charge is 0.350 e. The van der Waals surface area contributed by atoms with E-state index in [0.717, 1.165) is 21.5 Å². The Bertz CT molecular complexity index is 1290. The average Bonchev–Trinajstić information content (AvgIpc) is 3.12. The zero-order valence-electron chi connectivity index (χ0n) is 17.8. The Labute approximate surface area is 183 Å². The number of benzene rings is 2. The van der Waals surface area contributed by atoms with Crippen molar-refractivity contribution in [1.29, 1.82) is 0 Å². The lowest BCUT2D eigenvalue weighted by atomic mass is 9.96. The standard InChI is InChI=1S/C23H23F2N5O2/c1-14-5-3-6-16-9-10-20(31)30(21(14)16)19-8-4-7-18(15(19)2)28-13-27-29(23(28)32)12-17(11-26)22(24)25/h3-8,13H,9-12,26H2,1-2H3. The molecular formula is C23H23F2N5O2. The number of carbonyl (C=O) groups excluding carboxylic acids is 1. The minimum absolute atomic E-state index is 0.0220. The number of aromatic nitrogens is 3. The van der Waals surface area contributed by atoms with E-state index in [1.54, 1.807) is 17.0 Å². The minimum atomic E-state index is -1.91. The number of hydrogen-bond donors (Lipinski definition) is 1. The lowest BCUT2D eigenvalue weighted by Gasteiger charge is -2.32. The van der Waals surface area contributed by atoms with Crippen LogP contribution in [-0.4, -0.2) is 26.8 Å². The number of carbonyl (C=O) groups is 1. The molecule has 1 amide bonds. The summed E-state index contributed by atoms with van der Waals surface area (Å²) in [6.45, 7) is 3.03. The molecule has 1 aromatic heterocycles. The van der Waals surface area contributed by atoms with Gasteiger partial charge in [-0.2, -0.15) is 13.9 Å². The summed E-state index contributed by atoms with van der Waals surface area (Å²) in [4.78, 5) is 27.5. The molecule has 0 bridgehead atoms. The van der Waals surface area contributed by atoms with Crippen molar-refractivity contribution in [2.24, 2.45) is 5.73 Å². The van der Waals surface area contributed by atoms with Crippen molar-refractivity contribution < 1.29 is 13.6 Å². The van der Waals surface area contributed by atoms with Crippen LogP contribution in [0.15, 0.2) is 59.2 Å². The van der Waals surface area contributed by atoms with Crippen LogP contribution in [-0.2, 0) is 17.8 Å². The van der Waals surface area contributed by atoms with Crippen LogP contribution in [0.5, 0.6) is 0 Å². The van der Waals surface area contributed by atoms with Gasteiger partial charge in [0.2, 0.25) is 5.91 Å². The predicted molar refractivity (Wildman–Crippen MR) is 118 cm³/mol. The molecule has 2 aromatic carbocycles. The third kappa shape index (κ3) is 3.64. The first-order valence-electron chi connectivity index (χ1n) is 10.2. The maximum atomic E-state index is 13.0. The predicted octanol–water partition coefficient (Wildman–Crippen LogP) is 3.37. The van der Waals surface area contributed by atoms with E-state index in [2.05, 4.69) is 5.10 Å². The topological polar surface area (TPSA) is 86.2 Å². The van der Waals surface area contributed by atoms with Gasteiger partial charge in [-0.3, -0.25) is 9.69 Å². The Balaban J connectivity index is 1.80. The van der Waals surface area contributed by atoms with Crippen molar-refractivity contribution in [3.05, 3.63) is 81.6 Å². The molecule has 3 aromatic rings. The molecule has 4 rings (SSSR count). The van der Waals surface area contributed by atoms with Gasteiger partial charge in [-0.1, -0.05) is 24.3 Å². The van der Waals surface area contributed by atoms with Crippen LogP contribution in [0, 0.1) is 13.8 Å². The van der Waals surface area contributed by atoms with Crippen LogP contribution >= 0.6 is 0 Å². The van der Waals surface area contributed by atoms with Gasteiger partial charge < -0.3 is 5.73 Å². The summed E-state index contributed by atoms with van der Waals surface area (Å²) in [7, 11) is 0. The molecule has 0 radical (unpaired) electrons. The van der Waals surface area contributed by atoms with E-state index in [1.165, 1.54) is 10.9 Å². The molecule has 166 valence electrons. The van der Waals surface area contributed by atoms with Gasteiger partial charge in [-0.05, 0) is 49.1 Å². The Morgan fingerprint density at radius 2 is 1.78 bits per heavy atom. The molecule has 2 N–H and O–H groups in total. The minimum Gasteiger partial charge on any atom is -0.327 e. The van der Waals surface area contributed by atoms with Gasteiger partial charge in [-0.15, -0.1) is 0 Å². The lowest BCUT2D eigenvalue weighted by Crippen LogP contribution is -2.32. The number of hydrogen-bond acceptors (Lipinski definition) is 4. The number of amides is 1. The van der Waals surface area contributed by atoms with Crippen molar-refractivity contribution in [3.8, 4) is 5.69 Å². The van der Waals surface area contributed by atoms with E-state index in [-0.39, 0.29) is 24.6 Å². The molecule has 32 heavy (non-hydrogen) atoms. The van der Waals surface area contributed by atoms with Crippen molar-refractivity contribution in [1.82, 2.24) is 14.3 Å². The smallest absolute Gasteiger partial charge is 0.327 e. The molecule has 0 saturated carbocycles. The van der Waals surface area contributed by atoms with Gasteiger partial charge in [0.25, 0.3) is 6.08 Å². The van der Waals surface area contributed by atoms with Gasteiger partial charge >= 0.3 is 5.69 Å². The third-order valence-corrected chi connectivity index (χ3v) is 5.77. The molecule has 0 unspecified atom stereocenters. The highest BCUT2D eigenvalue weighted by molar-refractivity contribution is 6.04. The van der Waals surface area contributed by atoms with Gasteiger partial charge in [-0.25, -0.2) is 14.0 Å². The highest BCUT2D eigenvalue weighted by atomic mass is 19.3. The van der Waals surface area contributed by atoms with Crippen LogP contribution in [0.2, 0.25) is 0 Å². The number of nitrogens with zero attached hydrogens (tertiary/aromatic N) is 4. The van der Waals surface area contributed by atoms with Crippen LogP contribution in [0.3, 0.4) is 0 Å². The maximum absolute atomic E-state index is 13.0. The third-order valence-electron chi connectivity index (χ3n) is 5.77. The molecule has 0 aliphatic carbocycles. The Morgan fingerprint density at radius 3 is 2.50 bits per heavy atom. The highest BCUT2D eigenvalue weighted by Gasteiger charge is 2.28. The summed E-state index contributed by atoms with van der Waals surface area (Å²) in [6, 6.07) is 11.3. The number of nitrogens with two attached hydrogens (primary N) is 1. The molecule has 2 heterocycles. The molecule has 1 aliphatic heterocycles. The summed E-state index contributed by atoms with van der Waals surface area (Å²) in [5.41, 5.74) is 9.26. The Hall–Kier alpha value is -3.59. The number of halogens is 2. The summed E-state index contributed by atoms with van der Waals surface area (Å²) in [6.07, 6.45) is 0.445. The van der Waals surface area contributed by atoms with E-state index in [4.69, 9.17) is 5.73 Å². The maximum Gasteiger partial charge on any atom is 0.350 e. The van der Waals surface area contributed by atoms with Crippen molar-refractivity contribution >= 4 is 17.3 Å². The second-order valence-electron chi connectivity index (χ2n) is 7.74. The normalized spacial score (nSPS) is 13.3. The lowest BCUT2D eigenvalue weighted by molar-refractivity contribution is -0.118. The zero-order valence-corrected chi connectivity index (χ0v) is 17.8. The second-order valence-corrected chi connectivity index (χ2v) is 7.74. The molecule has 0 fully saturated rings. The van der Waals surface area contributed by atoms with Gasteiger partial charge in [0.15, 0.2) is 0 Å². The van der Waals surface area contributed by atoms with E-state index in [0.29, 0.717) is 29.8 Å². The van der Waals surface area contributed by atoms with Gasteiger partial charge in [0.1, 0.15) is 6.33 Å². The molecule has 0 saturated heterocycles. The zero-order chi connectivity index (χ0) is 23.0. The molecule has 1 aliphatic rings. The molecule has 9 heteroatoms. The average molecular weight is 439 g/mol. The fourth-order valence-corrected chi connectivity index (χ4v) is 4.08. The summed E-state index contributed by atoms with van der Waals surface area (Å²) in [5, 5.41) is 3.97. The van der Waals surface area contributed by atoms with Crippen molar-refractivity contribution in [3.63, 3.8) is 0 Å². The fraction of sp³-hybridized carbons (Fsp3) is 0.261. The van der Waals surface area contributed by atoms with Crippen LogP contribution in [0.4, 0.5) is 20.2 Å². The summed E-state index contributed by atoms with van der Waals surface area (Å²) in [5.74, 6) is -0.0220. The highest BCUT2D eigenvalue weighted by Crippen LogP contribution is 2.39. The first-order chi connectivity index (χ1) is 15.3. The second kappa shape index (κ2) is 8.51. The first kappa shape index (κ1) is 21.6. The van der Waals surface area contributed by atoms with E-state index >= 15 is 0 Å². The summed E-state index contributed by atoms with van der Waals surface area (Å²) >= 11 is 0. The molecule has 0 spiro atoms. The van der Waals surface area contributed by atoms with Gasteiger partial charge in [0.05, 0.1) is 23.6 Å². The molecule has 0 atom stereocenters. The molecular weight excluding hydrogens is 416 g/mol. The van der Waals surface area contributed by atoms with E-state index in [9.17, 15) is 18.4 Å². The van der Waals surface area contributed by atoms with Gasteiger partial charge in [0, 0.05) is 18.5 Å². The van der Waals surface area contributed by atoms with Crippen LogP contribution < -0.4 is 16.3 Å². The Morgan fingerprint density at radius 1 is 1.06 bits per heavy atom. The number of anilines is 2. The van der Waals surface area contributed by atoms with Crippen LogP contribution in [0.25, 0.3) is 5.69 Å². The Kier molecular flexibility index (Phi) is 5.75. The van der Waals surface area contributed by atoms with Crippen molar-refractivity contribution in [2.75, 3.05) is 11.4 Å². The number of rotatable bonds is 5. The fourth-order valence-electron chi connectivity index (χ4n) is 4.08.